The van der Waals surface area contributed by atoms with Gasteiger partial charge < -0.3 is 14.5 Å². The summed E-state index contributed by atoms with van der Waals surface area (Å²) in [6.07, 6.45) is 1.50. The highest BCUT2D eigenvalue weighted by atomic mass is 32.2. The van der Waals surface area contributed by atoms with Crippen molar-refractivity contribution in [1.29, 1.82) is 0 Å². The summed E-state index contributed by atoms with van der Waals surface area (Å²) >= 11 is 0. The second-order valence-electron chi connectivity index (χ2n) is 9.33. The van der Waals surface area contributed by atoms with E-state index in [0.29, 0.717) is 26.2 Å². The average Bonchev–Trinajstić information content (AvgIpc) is 3.30. The van der Waals surface area contributed by atoms with Crippen molar-refractivity contribution in [3.05, 3.63) is 71.9 Å². The molecule has 2 heterocycles. The van der Waals surface area contributed by atoms with Crippen LogP contribution < -0.4 is 9.64 Å². The van der Waals surface area contributed by atoms with Crippen molar-refractivity contribution in [3.8, 4) is 5.75 Å². The van der Waals surface area contributed by atoms with Crippen LogP contribution in [0.2, 0.25) is 0 Å². The van der Waals surface area contributed by atoms with Gasteiger partial charge in [0.15, 0.2) is 0 Å². The van der Waals surface area contributed by atoms with Crippen LogP contribution in [0.3, 0.4) is 0 Å². The lowest BCUT2D eigenvalue weighted by Crippen LogP contribution is -2.49. The Morgan fingerprint density at radius 1 is 1.03 bits per heavy atom. The Kier molecular flexibility index (Phi) is 8.19. The molecule has 3 aromatic rings. The summed E-state index contributed by atoms with van der Waals surface area (Å²) in [5.74, 6) is 0.431. The van der Waals surface area contributed by atoms with E-state index >= 15 is 0 Å². The second kappa shape index (κ2) is 11.4. The fourth-order valence-electron chi connectivity index (χ4n) is 4.52. The summed E-state index contributed by atoms with van der Waals surface area (Å²) in [6.45, 7) is 8.29. The number of rotatable bonds is 9. The quantitative estimate of drug-likeness (QED) is 0.426. The molecule has 0 aliphatic carbocycles. The van der Waals surface area contributed by atoms with Crippen molar-refractivity contribution in [2.75, 3.05) is 37.7 Å². The van der Waals surface area contributed by atoms with Gasteiger partial charge in [0.2, 0.25) is 5.03 Å². The van der Waals surface area contributed by atoms with Gasteiger partial charge in [-0.15, -0.1) is 0 Å². The number of ether oxygens (including phenoxy) is 1. The van der Waals surface area contributed by atoms with E-state index in [4.69, 9.17) is 4.74 Å². The Morgan fingerprint density at radius 2 is 1.68 bits per heavy atom. The highest BCUT2D eigenvalue weighted by molar-refractivity contribution is 7.89. The molecule has 198 valence electrons. The van der Waals surface area contributed by atoms with Crippen molar-refractivity contribution < 1.29 is 17.9 Å². The summed E-state index contributed by atoms with van der Waals surface area (Å²) in [5, 5.41) is 4.06. The van der Waals surface area contributed by atoms with E-state index in [0.717, 1.165) is 17.0 Å². The molecule has 1 aromatic heterocycles. The zero-order valence-electron chi connectivity index (χ0n) is 21.9. The predicted molar refractivity (Wildman–Crippen MR) is 143 cm³/mol. The fraction of sp³-hybridized carbons (Fsp3) is 0.407. The van der Waals surface area contributed by atoms with Crippen LogP contribution in [0.25, 0.3) is 0 Å². The first-order chi connectivity index (χ1) is 17.7. The molecular formula is C27H35N5O4S. The van der Waals surface area contributed by atoms with Gasteiger partial charge in [0.05, 0.1) is 17.9 Å². The number of sulfonamides is 1. The second-order valence-corrected chi connectivity index (χ2v) is 11.2. The molecule has 1 aliphatic heterocycles. The average molecular weight is 526 g/mol. The van der Waals surface area contributed by atoms with E-state index in [2.05, 4.69) is 10.00 Å². The number of para-hydroxylation sites is 2. The van der Waals surface area contributed by atoms with Crippen LogP contribution in [0.4, 0.5) is 5.69 Å². The first kappa shape index (κ1) is 26.7. The smallest absolute Gasteiger partial charge is 0.263 e. The standard InChI is InChI=1S/C27H35N5O4S/c1-5-36-25-14-10-9-13-24(25)30-15-17-31(18-16-30)37(34,35)26-23(20-29(4)28-26)27(33)32(21(2)3)19-22-11-7-6-8-12-22/h6-14,20-21H,5,15-19H2,1-4H3. The molecule has 1 amide bonds. The molecular weight excluding hydrogens is 490 g/mol. The number of benzene rings is 2. The number of hydrogen-bond donors (Lipinski definition) is 0. The van der Waals surface area contributed by atoms with Gasteiger partial charge in [-0.05, 0) is 38.5 Å². The summed E-state index contributed by atoms with van der Waals surface area (Å²) in [7, 11) is -2.34. The maximum absolute atomic E-state index is 13.7. The van der Waals surface area contributed by atoms with Crippen molar-refractivity contribution in [2.24, 2.45) is 7.05 Å². The van der Waals surface area contributed by atoms with Crippen LogP contribution in [0, 0.1) is 0 Å². The summed E-state index contributed by atoms with van der Waals surface area (Å²) < 4.78 is 36.0. The third-order valence-electron chi connectivity index (χ3n) is 6.43. The number of anilines is 1. The molecule has 1 saturated heterocycles. The van der Waals surface area contributed by atoms with Crippen LogP contribution in [0.15, 0.2) is 65.8 Å². The van der Waals surface area contributed by atoms with Crippen LogP contribution in [0.1, 0.15) is 36.7 Å². The number of nitrogens with zero attached hydrogens (tertiary/aromatic N) is 5. The first-order valence-electron chi connectivity index (χ1n) is 12.6. The molecule has 2 aromatic carbocycles. The number of piperazine rings is 1. The third kappa shape index (κ3) is 5.80. The zero-order chi connectivity index (χ0) is 26.6. The van der Waals surface area contributed by atoms with Gasteiger partial charge in [-0.2, -0.15) is 9.40 Å². The lowest BCUT2D eigenvalue weighted by Gasteiger charge is -2.35. The minimum atomic E-state index is -3.98. The molecule has 0 saturated carbocycles. The van der Waals surface area contributed by atoms with Crippen molar-refractivity contribution in [2.45, 2.75) is 38.4 Å². The van der Waals surface area contributed by atoms with E-state index in [1.165, 1.54) is 15.2 Å². The third-order valence-corrected chi connectivity index (χ3v) is 8.27. The lowest BCUT2D eigenvalue weighted by molar-refractivity contribution is 0.0686. The van der Waals surface area contributed by atoms with Crippen molar-refractivity contribution >= 4 is 21.6 Å². The van der Waals surface area contributed by atoms with E-state index in [-0.39, 0.29) is 35.6 Å². The summed E-state index contributed by atoms with van der Waals surface area (Å²) in [6, 6.07) is 17.3. The van der Waals surface area contributed by atoms with Gasteiger partial charge in [-0.3, -0.25) is 9.48 Å². The Morgan fingerprint density at radius 3 is 2.32 bits per heavy atom. The lowest BCUT2D eigenvalue weighted by atomic mass is 10.1. The van der Waals surface area contributed by atoms with Crippen molar-refractivity contribution in [3.63, 3.8) is 0 Å². The van der Waals surface area contributed by atoms with Crippen LogP contribution in [0.5, 0.6) is 5.75 Å². The Labute approximate surface area is 219 Å². The van der Waals surface area contributed by atoms with Gasteiger partial charge in [0, 0.05) is 52.0 Å². The fourth-order valence-corrected chi connectivity index (χ4v) is 6.06. The van der Waals surface area contributed by atoms with Gasteiger partial charge >= 0.3 is 0 Å². The topological polar surface area (TPSA) is 88.0 Å². The number of aryl methyl sites for hydroxylation is 1. The maximum Gasteiger partial charge on any atom is 0.263 e. The number of aromatic nitrogens is 2. The van der Waals surface area contributed by atoms with E-state index in [1.807, 2.05) is 75.4 Å². The Bertz CT molecular complexity index is 1320. The molecule has 1 aliphatic rings. The Hall–Kier alpha value is -3.37. The van der Waals surface area contributed by atoms with Gasteiger partial charge in [-0.1, -0.05) is 42.5 Å². The normalized spacial score (nSPS) is 14.7. The molecule has 0 N–H and O–H groups in total. The molecule has 0 spiro atoms. The van der Waals surface area contributed by atoms with Crippen LogP contribution in [-0.2, 0) is 23.6 Å². The van der Waals surface area contributed by atoms with E-state index in [9.17, 15) is 13.2 Å². The number of carbonyl (C=O) groups excluding carboxylic acids is 1. The number of hydrogen-bond acceptors (Lipinski definition) is 6. The van der Waals surface area contributed by atoms with Gasteiger partial charge in [-0.25, -0.2) is 8.42 Å². The van der Waals surface area contributed by atoms with Crippen LogP contribution in [-0.4, -0.2) is 72.1 Å². The summed E-state index contributed by atoms with van der Waals surface area (Å²) in [4.78, 5) is 17.5. The van der Waals surface area contributed by atoms with Gasteiger partial charge in [0.25, 0.3) is 15.9 Å². The van der Waals surface area contributed by atoms with E-state index in [1.54, 1.807) is 11.9 Å². The molecule has 0 atom stereocenters. The minimum absolute atomic E-state index is 0.0938. The summed E-state index contributed by atoms with van der Waals surface area (Å²) in [5.41, 5.74) is 2.01. The highest BCUT2D eigenvalue weighted by Gasteiger charge is 2.36. The van der Waals surface area contributed by atoms with Crippen molar-refractivity contribution in [1.82, 2.24) is 19.0 Å². The predicted octanol–water partition coefficient (Wildman–Crippen LogP) is 3.38. The molecule has 37 heavy (non-hydrogen) atoms. The van der Waals surface area contributed by atoms with E-state index < -0.39 is 10.0 Å². The molecule has 4 rings (SSSR count). The van der Waals surface area contributed by atoms with Crippen LogP contribution >= 0.6 is 0 Å². The SMILES string of the molecule is CCOc1ccccc1N1CCN(S(=O)(=O)c2nn(C)cc2C(=O)N(Cc2ccccc2)C(C)C)CC1. The number of carbonyl (C=O) groups is 1. The molecule has 9 nitrogen and oxygen atoms in total. The molecule has 0 unspecified atom stereocenters. The molecule has 0 radical (unpaired) electrons. The number of amides is 1. The monoisotopic (exact) mass is 525 g/mol. The molecule has 10 heteroatoms. The maximum atomic E-state index is 13.7. The highest BCUT2D eigenvalue weighted by Crippen LogP contribution is 2.30. The Balaban J connectivity index is 1.55. The zero-order valence-corrected chi connectivity index (χ0v) is 22.7. The molecule has 1 fully saturated rings. The first-order valence-corrected chi connectivity index (χ1v) is 14.0. The minimum Gasteiger partial charge on any atom is -0.492 e. The molecule has 0 bridgehead atoms. The largest absolute Gasteiger partial charge is 0.492 e. The van der Waals surface area contributed by atoms with Gasteiger partial charge in [0.1, 0.15) is 5.75 Å².